The van der Waals surface area contributed by atoms with Crippen LogP contribution in [0.5, 0.6) is 0 Å². The second-order valence-electron chi connectivity index (χ2n) is 6.31. The molecule has 0 amide bonds. The summed E-state index contributed by atoms with van der Waals surface area (Å²) >= 11 is 7.58. The monoisotopic (exact) mass is 385 g/mol. The van der Waals surface area contributed by atoms with Crippen LogP contribution >= 0.6 is 22.9 Å². The predicted octanol–water partition coefficient (Wildman–Crippen LogP) is 2.11. The molecule has 0 atom stereocenters. The Hall–Kier alpha value is -0.920. The van der Waals surface area contributed by atoms with E-state index in [0.29, 0.717) is 18.0 Å². The van der Waals surface area contributed by atoms with Crippen molar-refractivity contribution in [3.63, 3.8) is 0 Å². The average molecular weight is 386 g/mol. The molecule has 1 aromatic heterocycles. The Balaban J connectivity index is 1.67. The van der Waals surface area contributed by atoms with E-state index in [4.69, 9.17) is 11.6 Å². The smallest absolute Gasteiger partial charge is 0.243 e. The van der Waals surface area contributed by atoms with Crippen molar-refractivity contribution in [2.24, 2.45) is 0 Å². The van der Waals surface area contributed by atoms with E-state index in [2.05, 4.69) is 6.07 Å². The number of quaternary nitrogens is 1. The summed E-state index contributed by atoms with van der Waals surface area (Å²) in [6.07, 6.45) is 0. The van der Waals surface area contributed by atoms with Gasteiger partial charge in [-0.25, -0.2) is 8.42 Å². The van der Waals surface area contributed by atoms with Crippen molar-refractivity contribution >= 4 is 33.0 Å². The van der Waals surface area contributed by atoms with Gasteiger partial charge in [0.05, 0.1) is 40.3 Å². The van der Waals surface area contributed by atoms with Gasteiger partial charge in [-0.1, -0.05) is 29.3 Å². The van der Waals surface area contributed by atoms with Crippen molar-refractivity contribution in [3.8, 4) is 0 Å². The largest absolute Gasteiger partial charge is 0.328 e. The minimum Gasteiger partial charge on any atom is -0.328 e. The lowest BCUT2D eigenvalue weighted by Gasteiger charge is -2.31. The van der Waals surface area contributed by atoms with Crippen LogP contribution in [0.25, 0.3) is 0 Å². The van der Waals surface area contributed by atoms with E-state index < -0.39 is 10.0 Å². The number of hydrogen-bond donors (Lipinski definition) is 1. The number of aryl methyl sites for hydroxylation is 2. The summed E-state index contributed by atoms with van der Waals surface area (Å²) in [4.78, 5) is 3.09. The molecule has 1 N–H and O–H groups in total. The van der Waals surface area contributed by atoms with Crippen LogP contribution in [-0.2, 0) is 16.6 Å². The van der Waals surface area contributed by atoms with Crippen LogP contribution in [-0.4, -0.2) is 38.9 Å². The van der Waals surface area contributed by atoms with Crippen LogP contribution in [0.4, 0.5) is 0 Å². The van der Waals surface area contributed by atoms with Crippen molar-refractivity contribution in [3.05, 3.63) is 50.7 Å². The van der Waals surface area contributed by atoms with Crippen LogP contribution in [0.3, 0.4) is 0 Å². The van der Waals surface area contributed by atoms with Gasteiger partial charge in [0, 0.05) is 0 Å². The fourth-order valence-corrected chi connectivity index (χ4v) is 5.95. The first-order valence-corrected chi connectivity index (χ1v) is 10.6. The molecule has 3 rings (SSSR count). The molecule has 4 nitrogen and oxygen atoms in total. The first-order chi connectivity index (χ1) is 11.4. The van der Waals surface area contributed by atoms with Crippen LogP contribution in [0.2, 0.25) is 4.34 Å². The van der Waals surface area contributed by atoms with Crippen molar-refractivity contribution in [1.29, 1.82) is 0 Å². The normalized spacial score (nSPS) is 17.3. The van der Waals surface area contributed by atoms with Crippen LogP contribution < -0.4 is 4.90 Å². The Morgan fingerprint density at radius 2 is 1.88 bits per heavy atom. The van der Waals surface area contributed by atoms with Gasteiger partial charge < -0.3 is 4.90 Å². The molecule has 7 heteroatoms. The molecule has 0 aliphatic carbocycles. The van der Waals surface area contributed by atoms with Gasteiger partial charge in [0.2, 0.25) is 10.0 Å². The number of halogens is 1. The molecule has 2 aromatic rings. The van der Waals surface area contributed by atoms with Crippen LogP contribution in [0.1, 0.15) is 16.0 Å². The maximum Gasteiger partial charge on any atom is 0.243 e. The molecule has 1 fully saturated rings. The van der Waals surface area contributed by atoms with E-state index in [1.54, 1.807) is 21.7 Å². The molecule has 1 aliphatic heterocycles. The van der Waals surface area contributed by atoms with Gasteiger partial charge >= 0.3 is 0 Å². The van der Waals surface area contributed by atoms with Gasteiger partial charge in [0.25, 0.3) is 0 Å². The SMILES string of the molecule is Cc1ccc(S(=O)(=O)N2CC[NH+](Cc3ccc(Cl)s3)CC2)c(C)c1. The second-order valence-corrected chi connectivity index (χ2v) is 10.0. The summed E-state index contributed by atoms with van der Waals surface area (Å²) < 4.78 is 28.2. The van der Waals surface area contributed by atoms with Crippen molar-refractivity contribution < 1.29 is 13.3 Å². The number of thiophene rings is 1. The number of nitrogens with zero attached hydrogens (tertiary/aromatic N) is 1. The van der Waals surface area contributed by atoms with E-state index >= 15 is 0 Å². The molecular weight excluding hydrogens is 364 g/mol. The fourth-order valence-electron chi connectivity index (χ4n) is 3.14. The number of sulfonamides is 1. The number of benzene rings is 1. The molecule has 0 unspecified atom stereocenters. The third-order valence-electron chi connectivity index (χ3n) is 4.43. The quantitative estimate of drug-likeness (QED) is 0.875. The highest BCUT2D eigenvalue weighted by Crippen LogP contribution is 2.22. The van der Waals surface area contributed by atoms with E-state index in [1.807, 2.05) is 32.0 Å². The Bertz CT molecular complexity index is 825. The van der Waals surface area contributed by atoms with Crippen molar-refractivity contribution in [2.45, 2.75) is 25.3 Å². The molecule has 0 radical (unpaired) electrons. The van der Waals surface area contributed by atoms with Gasteiger partial charge in [0.1, 0.15) is 6.54 Å². The molecule has 1 aliphatic rings. The Labute approximate surface area is 152 Å². The zero-order chi connectivity index (χ0) is 17.3. The second kappa shape index (κ2) is 7.14. The molecular formula is C17H22ClN2O2S2+. The highest BCUT2D eigenvalue weighted by Gasteiger charge is 2.31. The maximum atomic E-state index is 12.9. The number of rotatable bonds is 4. The van der Waals surface area contributed by atoms with Crippen LogP contribution in [0.15, 0.2) is 35.2 Å². The Morgan fingerprint density at radius 3 is 2.46 bits per heavy atom. The lowest BCUT2D eigenvalue weighted by Crippen LogP contribution is -3.13. The molecule has 1 aromatic carbocycles. The molecule has 24 heavy (non-hydrogen) atoms. The van der Waals surface area contributed by atoms with Gasteiger partial charge in [-0.15, -0.1) is 11.3 Å². The molecule has 130 valence electrons. The van der Waals surface area contributed by atoms with E-state index in [1.165, 1.54) is 9.78 Å². The summed E-state index contributed by atoms with van der Waals surface area (Å²) in [5.74, 6) is 0. The number of piperazine rings is 1. The number of hydrogen-bond acceptors (Lipinski definition) is 3. The van der Waals surface area contributed by atoms with Crippen molar-refractivity contribution in [2.75, 3.05) is 26.2 Å². The standard InChI is InChI=1S/C17H21ClN2O2S2/c1-13-3-5-16(14(2)11-13)24(21,22)20-9-7-19(8-10-20)12-15-4-6-17(18)23-15/h3-6,11H,7-10,12H2,1-2H3/p+1. The first kappa shape index (κ1) is 17.9. The van der Waals surface area contributed by atoms with Gasteiger partial charge in [-0.2, -0.15) is 4.31 Å². The lowest BCUT2D eigenvalue weighted by molar-refractivity contribution is -0.917. The zero-order valence-electron chi connectivity index (χ0n) is 13.9. The minimum absolute atomic E-state index is 0.432. The molecule has 2 heterocycles. The van der Waals surface area contributed by atoms with Gasteiger partial charge in [-0.05, 0) is 37.6 Å². The predicted molar refractivity (Wildman–Crippen MR) is 98.4 cm³/mol. The van der Waals surface area contributed by atoms with Crippen molar-refractivity contribution in [1.82, 2.24) is 4.31 Å². The topological polar surface area (TPSA) is 41.8 Å². The fraction of sp³-hybridized carbons (Fsp3) is 0.412. The van der Waals surface area contributed by atoms with Gasteiger partial charge in [0.15, 0.2) is 0 Å². The molecule has 1 saturated heterocycles. The highest BCUT2D eigenvalue weighted by atomic mass is 35.5. The molecule has 0 spiro atoms. The third-order valence-corrected chi connectivity index (χ3v) is 7.72. The average Bonchev–Trinajstić information content (AvgIpc) is 2.92. The van der Waals surface area contributed by atoms with E-state index in [0.717, 1.165) is 35.1 Å². The minimum atomic E-state index is -3.40. The summed E-state index contributed by atoms with van der Waals surface area (Å²) in [5, 5.41) is 0. The lowest BCUT2D eigenvalue weighted by atomic mass is 10.2. The summed E-state index contributed by atoms with van der Waals surface area (Å²) in [6.45, 7) is 7.51. The third kappa shape index (κ3) is 3.83. The first-order valence-electron chi connectivity index (χ1n) is 8.01. The number of nitrogens with one attached hydrogen (secondary N) is 1. The summed E-state index contributed by atoms with van der Waals surface area (Å²) in [5.41, 5.74) is 1.90. The van der Waals surface area contributed by atoms with E-state index in [-0.39, 0.29) is 0 Å². The Morgan fingerprint density at radius 1 is 1.17 bits per heavy atom. The zero-order valence-corrected chi connectivity index (χ0v) is 16.3. The van der Waals surface area contributed by atoms with Gasteiger partial charge in [-0.3, -0.25) is 0 Å². The van der Waals surface area contributed by atoms with E-state index in [9.17, 15) is 8.42 Å². The van der Waals surface area contributed by atoms with Crippen LogP contribution in [0, 0.1) is 13.8 Å². The Kier molecular flexibility index (Phi) is 5.32. The summed E-state index contributed by atoms with van der Waals surface area (Å²) in [7, 11) is -3.40. The molecule has 0 bridgehead atoms. The highest BCUT2D eigenvalue weighted by molar-refractivity contribution is 7.89. The summed E-state index contributed by atoms with van der Waals surface area (Å²) in [6, 6.07) is 9.49. The molecule has 0 saturated carbocycles. The maximum absolute atomic E-state index is 12.9.